The first-order valence-corrected chi connectivity index (χ1v) is 11.4. The fourth-order valence-corrected chi connectivity index (χ4v) is 6.24. The van der Waals surface area contributed by atoms with E-state index in [1.165, 1.54) is 22.2 Å². The van der Waals surface area contributed by atoms with Crippen LogP contribution in [0.3, 0.4) is 0 Å². The number of carbonyl (C=O) groups is 2. The van der Waals surface area contributed by atoms with Gasteiger partial charge in [-0.1, -0.05) is 31.0 Å². The van der Waals surface area contributed by atoms with Crippen LogP contribution in [0.1, 0.15) is 62.6 Å². The van der Waals surface area contributed by atoms with Gasteiger partial charge in [-0.2, -0.15) is 0 Å². The van der Waals surface area contributed by atoms with E-state index in [0.717, 1.165) is 64.6 Å². The maximum absolute atomic E-state index is 13.1. The third kappa shape index (κ3) is 3.31. The molecule has 1 aromatic carbocycles. The van der Waals surface area contributed by atoms with Gasteiger partial charge in [0, 0.05) is 42.7 Å². The molecule has 2 aromatic rings. The predicted molar refractivity (Wildman–Crippen MR) is 115 cm³/mol. The number of carbonyl (C=O) groups excluding carboxylic acids is 1. The highest BCUT2D eigenvalue weighted by atomic mass is 16.4. The predicted octanol–water partition coefficient (Wildman–Crippen LogP) is 3.56. The van der Waals surface area contributed by atoms with Crippen LogP contribution in [0.4, 0.5) is 0 Å². The lowest BCUT2D eigenvalue weighted by molar-refractivity contribution is -0.142. The lowest BCUT2D eigenvalue weighted by atomic mass is 9.77. The molecular formula is C24H31N3O3. The van der Waals surface area contributed by atoms with Gasteiger partial charge in [0.1, 0.15) is 0 Å². The molecule has 1 aromatic heterocycles. The molecule has 3 heterocycles. The first-order valence-electron chi connectivity index (χ1n) is 11.4. The third-order valence-corrected chi connectivity index (χ3v) is 7.82. The van der Waals surface area contributed by atoms with E-state index in [2.05, 4.69) is 34.6 Å². The minimum Gasteiger partial charge on any atom is -0.481 e. The maximum Gasteiger partial charge on any atom is 0.303 e. The molecule has 1 amide bonds. The zero-order valence-corrected chi connectivity index (χ0v) is 17.5. The number of benzene rings is 1. The standard InChI is InChI=1S/C24H31N3O3/c28-20(15-23(16-21(29)30)8-3-4-9-23)27-13-10-24(11-14-27)22-18(7-12-25-24)17-5-1-2-6-19(17)26-22/h1-2,5-6,25-26H,3-4,7-16H2,(H,29,30). The third-order valence-electron chi connectivity index (χ3n) is 7.82. The number of hydrogen-bond acceptors (Lipinski definition) is 3. The summed E-state index contributed by atoms with van der Waals surface area (Å²) in [4.78, 5) is 30.1. The van der Waals surface area contributed by atoms with Crippen molar-refractivity contribution in [3.63, 3.8) is 0 Å². The molecule has 30 heavy (non-hydrogen) atoms. The number of carboxylic acids is 1. The molecule has 1 aliphatic carbocycles. The van der Waals surface area contributed by atoms with Gasteiger partial charge in [-0.25, -0.2) is 0 Å². The number of aromatic amines is 1. The molecule has 5 rings (SSSR count). The summed E-state index contributed by atoms with van der Waals surface area (Å²) in [6.07, 6.45) is 7.13. The van der Waals surface area contributed by atoms with Gasteiger partial charge < -0.3 is 20.3 Å². The van der Waals surface area contributed by atoms with E-state index in [0.29, 0.717) is 6.42 Å². The van der Waals surface area contributed by atoms with Crippen molar-refractivity contribution in [1.29, 1.82) is 0 Å². The van der Waals surface area contributed by atoms with E-state index in [-0.39, 0.29) is 23.3 Å². The van der Waals surface area contributed by atoms with Crippen LogP contribution in [0.15, 0.2) is 24.3 Å². The fraction of sp³-hybridized carbons (Fsp3) is 0.583. The van der Waals surface area contributed by atoms with Crippen molar-refractivity contribution < 1.29 is 14.7 Å². The molecule has 160 valence electrons. The number of para-hydroxylation sites is 1. The smallest absolute Gasteiger partial charge is 0.303 e. The summed E-state index contributed by atoms with van der Waals surface area (Å²) < 4.78 is 0. The number of piperidine rings is 1. The first-order chi connectivity index (χ1) is 14.5. The van der Waals surface area contributed by atoms with E-state index in [1.54, 1.807) is 0 Å². The van der Waals surface area contributed by atoms with E-state index >= 15 is 0 Å². The van der Waals surface area contributed by atoms with Crippen LogP contribution in [0.5, 0.6) is 0 Å². The van der Waals surface area contributed by atoms with Gasteiger partial charge in [-0.15, -0.1) is 0 Å². The molecule has 1 spiro atoms. The Bertz CT molecular complexity index is 965. The molecular weight excluding hydrogens is 378 g/mol. The van der Waals surface area contributed by atoms with Crippen LogP contribution in [-0.2, 0) is 21.5 Å². The average molecular weight is 410 g/mol. The van der Waals surface area contributed by atoms with Crippen molar-refractivity contribution in [2.24, 2.45) is 5.41 Å². The molecule has 2 fully saturated rings. The second kappa shape index (κ2) is 7.41. The van der Waals surface area contributed by atoms with Crippen LogP contribution in [0, 0.1) is 5.41 Å². The molecule has 0 bridgehead atoms. The van der Waals surface area contributed by atoms with Crippen molar-refractivity contribution in [1.82, 2.24) is 15.2 Å². The minimum absolute atomic E-state index is 0.0878. The van der Waals surface area contributed by atoms with Crippen molar-refractivity contribution >= 4 is 22.8 Å². The summed E-state index contributed by atoms with van der Waals surface area (Å²) in [6, 6.07) is 8.51. The van der Waals surface area contributed by atoms with Gasteiger partial charge in [0.25, 0.3) is 0 Å². The number of rotatable bonds is 4. The van der Waals surface area contributed by atoms with Crippen LogP contribution in [0.2, 0.25) is 0 Å². The van der Waals surface area contributed by atoms with Gasteiger partial charge in [0.05, 0.1) is 12.0 Å². The number of amides is 1. The molecule has 3 N–H and O–H groups in total. The minimum atomic E-state index is -0.778. The van der Waals surface area contributed by atoms with Crippen LogP contribution < -0.4 is 5.32 Å². The SMILES string of the molecule is O=C(O)CC1(CC(=O)N2CCC3(CC2)NCCc2c3[nH]c3ccccc23)CCCC1. The van der Waals surface area contributed by atoms with Gasteiger partial charge in [-0.3, -0.25) is 9.59 Å². The Kier molecular flexibility index (Phi) is 4.85. The van der Waals surface area contributed by atoms with Crippen molar-refractivity contribution in [3.8, 4) is 0 Å². The summed E-state index contributed by atoms with van der Waals surface area (Å²) >= 11 is 0. The fourth-order valence-electron chi connectivity index (χ4n) is 6.24. The molecule has 1 saturated carbocycles. The Hall–Kier alpha value is -2.34. The van der Waals surface area contributed by atoms with E-state index in [1.807, 2.05) is 4.90 Å². The summed E-state index contributed by atoms with van der Waals surface area (Å²) in [5.41, 5.74) is 3.51. The molecule has 6 nitrogen and oxygen atoms in total. The molecule has 0 atom stereocenters. The number of nitrogens with one attached hydrogen (secondary N) is 2. The summed E-state index contributed by atoms with van der Waals surface area (Å²) in [6.45, 7) is 2.41. The normalized spacial score (nSPS) is 22.3. The van der Waals surface area contributed by atoms with Crippen LogP contribution >= 0.6 is 0 Å². The van der Waals surface area contributed by atoms with Gasteiger partial charge in [0.2, 0.25) is 5.91 Å². The number of hydrogen-bond donors (Lipinski definition) is 3. The van der Waals surface area contributed by atoms with Gasteiger partial charge in [0.15, 0.2) is 0 Å². The van der Waals surface area contributed by atoms with Gasteiger partial charge >= 0.3 is 5.97 Å². The Morgan fingerprint density at radius 2 is 1.77 bits per heavy atom. The second-order valence-corrected chi connectivity index (χ2v) is 9.62. The highest BCUT2D eigenvalue weighted by molar-refractivity contribution is 5.85. The highest BCUT2D eigenvalue weighted by Gasteiger charge is 2.44. The molecule has 2 aliphatic heterocycles. The molecule has 6 heteroatoms. The summed E-state index contributed by atoms with van der Waals surface area (Å²) in [5.74, 6) is -0.638. The Labute approximate surface area is 177 Å². The second-order valence-electron chi connectivity index (χ2n) is 9.62. The number of H-pyrrole nitrogens is 1. The number of nitrogens with zero attached hydrogens (tertiary/aromatic N) is 1. The van der Waals surface area contributed by atoms with E-state index < -0.39 is 5.97 Å². The van der Waals surface area contributed by atoms with Gasteiger partial charge in [-0.05, 0) is 49.1 Å². The monoisotopic (exact) mass is 409 g/mol. The number of carboxylic acid groups (broad SMARTS) is 1. The Morgan fingerprint density at radius 1 is 1.03 bits per heavy atom. The number of aliphatic carboxylic acids is 1. The summed E-state index contributed by atoms with van der Waals surface area (Å²) in [7, 11) is 0. The van der Waals surface area contributed by atoms with Crippen molar-refractivity contribution in [3.05, 3.63) is 35.5 Å². The molecule has 1 saturated heterocycles. The lowest BCUT2D eigenvalue weighted by Gasteiger charge is -2.45. The zero-order chi connectivity index (χ0) is 20.8. The quantitative estimate of drug-likeness (QED) is 0.721. The molecule has 0 radical (unpaired) electrons. The van der Waals surface area contributed by atoms with Crippen LogP contribution in [-0.4, -0.2) is 46.5 Å². The first kappa shape index (κ1) is 19.6. The maximum atomic E-state index is 13.1. The van der Waals surface area contributed by atoms with E-state index in [9.17, 15) is 14.7 Å². The van der Waals surface area contributed by atoms with Crippen molar-refractivity contribution in [2.45, 2.75) is 63.3 Å². The molecule has 3 aliphatic rings. The largest absolute Gasteiger partial charge is 0.481 e. The molecule has 0 unspecified atom stereocenters. The number of likely N-dealkylation sites (tertiary alicyclic amines) is 1. The summed E-state index contributed by atoms with van der Waals surface area (Å²) in [5, 5.41) is 14.4. The Morgan fingerprint density at radius 3 is 2.50 bits per heavy atom. The van der Waals surface area contributed by atoms with Crippen LogP contribution in [0.25, 0.3) is 10.9 Å². The number of fused-ring (bicyclic) bond motifs is 4. The van der Waals surface area contributed by atoms with Crippen molar-refractivity contribution in [2.75, 3.05) is 19.6 Å². The lowest BCUT2D eigenvalue weighted by Crippen LogP contribution is -2.55. The topological polar surface area (TPSA) is 85.4 Å². The Balaban J connectivity index is 1.31. The zero-order valence-electron chi connectivity index (χ0n) is 17.5. The average Bonchev–Trinajstić information content (AvgIpc) is 3.34. The highest BCUT2D eigenvalue weighted by Crippen LogP contribution is 2.45. The van der Waals surface area contributed by atoms with E-state index in [4.69, 9.17) is 0 Å². The number of aromatic nitrogens is 1.